The van der Waals surface area contributed by atoms with Gasteiger partial charge in [0.25, 0.3) is 5.91 Å². The number of amides is 1. The van der Waals surface area contributed by atoms with Gasteiger partial charge >= 0.3 is 0 Å². The summed E-state index contributed by atoms with van der Waals surface area (Å²) in [5.41, 5.74) is 6.96. The third-order valence-corrected chi connectivity index (χ3v) is 3.80. The van der Waals surface area contributed by atoms with E-state index in [1.54, 1.807) is 36.4 Å². The number of aliphatic hydroxyl groups is 1. The molecule has 6 heteroatoms. The van der Waals surface area contributed by atoms with Crippen LogP contribution in [0.2, 0.25) is 4.34 Å². The van der Waals surface area contributed by atoms with Crippen LogP contribution in [-0.4, -0.2) is 24.2 Å². The monoisotopic (exact) mass is 296 g/mol. The van der Waals surface area contributed by atoms with Crippen LogP contribution in [0.25, 0.3) is 0 Å². The van der Waals surface area contributed by atoms with Crippen LogP contribution < -0.4 is 10.6 Å². The van der Waals surface area contributed by atoms with Crippen molar-refractivity contribution >= 4 is 40.2 Å². The van der Waals surface area contributed by atoms with E-state index < -0.39 is 0 Å². The van der Waals surface area contributed by atoms with E-state index in [0.29, 0.717) is 20.6 Å². The average Bonchev–Trinajstić information content (AvgIpc) is 2.83. The maximum atomic E-state index is 12.4. The Bertz CT molecular complexity index is 586. The molecule has 100 valence electrons. The molecular weight excluding hydrogens is 284 g/mol. The summed E-state index contributed by atoms with van der Waals surface area (Å²) in [7, 11) is 0. The molecule has 0 radical (unpaired) electrons. The number of anilines is 2. The molecule has 1 aromatic heterocycles. The lowest BCUT2D eigenvalue weighted by atomic mass is 10.2. The molecule has 3 N–H and O–H groups in total. The van der Waals surface area contributed by atoms with Crippen LogP contribution in [0, 0.1) is 0 Å². The minimum Gasteiger partial charge on any atom is -0.397 e. The number of para-hydroxylation sites is 2. The summed E-state index contributed by atoms with van der Waals surface area (Å²) in [6, 6.07) is 10.4. The molecule has 0 spiro atoms. The predicted octanol–water partition coefficient (Wildman–Crippen LogP) is 2.62. The number of halogens is 1. The smallest absolute Gasteiger partial charge is 0.268 e. The second-order valence-electron chi connectivity index (χ2n) is 3.84. The van der Waals surface area contributed by atoms with Crippen molar-refractivity contribution in [3.63, 3.8) is 0 Å². The molecular formula is C13H13ClN2O2S. The summed E-state index contributed by atoms with van der Waals surface area (Å²) in [6.07, 6.45) is 0. The van der Waals surface area contributed by atoms with Gasteiger partial charge in [0.05, 0.1) is 27.2 Å². The maximum Gasteiger partial charge on any atom is 0.268 e. The van der Waals surface area contributed by atoms with E-state index >= 15 is 0 Å². The van der Waals surface area contributed by atoms with Gasteiger partial charge < -0.3 is 15.7 Å². The summed E-state index contributed by atoms with van der Waals surface area (Å²) in [5.74, 6) is -0.219. The largest absolute Gasteiger partial charge is 0.397 e. The lowest BCUT2D eigenvalue weighted by Crippen LogP contribution is -2.33. The Labute approximate surface area is 120 Å². The first kappa shape index (κ1) is 13.9. The number of hydrogen-bond donors (Lipinski definition) is 2. The molecule has 0 aliphatic rings. The Morgan fingerprint density at radius 3 is 2.63 bits per heavy atom. The molecule has 2 aromatic rings. The number of carbonyl (C=O) groups excluding carboxylic acids is 1. The van der Waals surface area contributed by atoms with Crippen molar-refractivity contribution in [1.29, 1.82) is 0 Å². The molecule has 0 saturated carbocycles. The number of nitrogen functional groups attached to an aromatic ring is 1. The zero-order valence-corrected chi connectivity index (χ0v) is 11.6. The highest BCUT2D eigenvalue weighted by molar-refractivity contribution is 7.18. The second kappa shape index (κ2) is 6.06. The normalized spacial score (nSPS) is 10.4. The van der Waals surface area contributed by atoms with Gasteiger partial charge in [-0.15, -0.1) is 11.3 Å². The molecule has 2 rings (SSSR count). The zero-order chi connectivity index (χ0) is 13.8. The van der Waals surface area contributed by atoms with Crippen molar-refractivity contribution in [2.24, 2.45) is 0 Å². The molecule has 19 heavy (non-hydrogen) atoms. The first-order chi connectivity index (χ1) is 9.13. The first-order valence-corrected chi connectivity index (χ1v) is 6.85. The number of benzene rings is 1. The van der Waals surface area contributed by atoms with Gasteiger partial charge in [-0.2, -0.15) is 0 Å². The van der Waals surface area contributed by atoms with E-state index in [2.05, 4.69) is 0 Å². The van der Waals surface area contributed by atoms with Gasteiger partial charge in [0.1, 0.15) is 0 Å². The number of nitrogens with zero attached hydrogens (tertiary/aromatic N) is 1. The lowest BCUT2D eigenvalue weighted by molar-refractivity contribution is 0.0985. The fourth-order valence-electron chi connectivity index (χ4n) is 1.73. The maximum absolute atomic E-state index is 12.4. The highest BCUT2D eigenvalue weighted by Crippen LogP contribution is 2.27. The van der Waals surface area contributed by atoms with Crippen molar-refractivity contribution in [3.8, 4) is 0 Å². The minimum atomic E-state index is -0.219. The highest BCUT2D eigenvalue weighted by atomic mass is 35.5. The third-order valence-electron chi connectivity index (χ3n) is 2.58. The average molecular weight is 297 g/mol. The number of aliphatic hydroxyl groups excluding tert-OH is 1. The SMILES string of the molecule is Nc1ccccc1N(CCO)C(=O)c1ccc(Cl)s1. The number of rotatable bonds is 4. The molecule has 0 fully saturated rings. The van der Waals surface area contributed by atoms with Crippen LogP contribution >= 0.6 is 22.9 Å². The van der Waals surface area contributed by atoms with Crippen molar-refractivity contribution < 1.29 is 9.90 Å². The molecule has 1 amide bonds. The van der Waals surface area contributed by atoms with Crippen LogP contribution in [0.15, 0.2) is 36.4 Å². The molecule has 4 nitrogen and oxygen atoms in total. The number of nitrogens with two attached hydrogens (primary N) is 1. The number of carbonyl (C=O) groups is 1. The van der Waals surface area contributed by atoms with E-state index in [4.69, 9.17) is 22.4 Å². The van der Waals surface area contributed by atoms with E-state index in [0.717, 1.165) is 0 Å². The van der Waals surface area contributed by atoms with Gasteiger partial charge in [-0.3, -0.25) is 4.79 Å². The van der Waals surface area contributed by atoms with Gasteiger partial charge in [-0.25, -0.2) is 0 Å². The van der Waals surface area contributed by atoms with Crippen molar-refractivity contribution in [2.75, 3.05) is 23.8 Å². The summed E-state index contributed by atoms with van der Waals surface area (Å²) in [5, 5.41) is 9.13. The van der Waals surface area contributed by atoms with Gasteiger partial charge in [0.2, 0.25) is 0 Å². The molecule has 0 saturated heterocycles. The Hall–Kier alpha value is -1.56. The van der Waals surface area contributed by atoms with Crippen LogP contribution in [-0.2, 0) is 0 Å². The molecule has 1 aromatic carbocycles. The Morgan fingerprint density at radius 1 is 1.32 bits per heavy atom. The van der Waals surface area contributed by atoms with E-state index in [1.165, 1.54) is 16.2 Å². The minimum absolute atomic E-state index is 0.140. The fourth-order valence-corrected chi connectivity index (χ4v) is 2.72. The summed E-state index contributed by atoms with van der Waals surface area (Å²) in [6.45, 7) is 0.0434. The topological polar surface area (TPSA) is 66.6 Å². The zero-order valence-electron chi connectivity index (χ0n) is 10.0. The molecule has 0 aliphatic heterocycles. The van der Waals surface area contributed by atoms with Crippen molar-refractivity contribution in [3.05, 3.63) is 45.6 Å². The van der Waals surface area contributed by atoms with E-state index in [-0.39, 0.29) is 19.1 Å². The van der Waals surface area contributed by atoms with Gasteiger partial charge in [0, 0.05) is 6.54 Å². The van der Waals surface area contributed by atoms with E-state index in [1.807, 2.05) is 0 Å². The highest BCUT2D eigenvalue weighted by Gasteiger charge is 2.20. The molecule has 0 unspecified atom stereocenters. The lowest BCUT2D eigenvalue weighted by Gasteiger charge is -2.22. The number of thiophene rings is 1. The molecule has 0 bridgehead atoms. The molecule has 0 atom stereocenters. The second-order valence-corrected chi connectivity index (χ2v) is 5.56. The van der Waals surface area contributed by atoms with E-state index in [9.17, 15) is 4.79 Å². The molecule has 0 aliphatic carbocycles. The van der Waals surface area contributed by atoms with Gasteiger partial charge in [-0.05, 0) is 24.3 Å². The van der Waals surface area contributed by atoms with Gasteiger partial charge in [0.15, 0.2) is 0 Å². The molecule has 1 heterocycles. The van der Waals surface area contributed by atoms with Crippen LogP contribution in [0.3, 0.4) is 0 Å². The first-order valence-electron chi connectivity index (χ1n) is 5.66. The van der Waals surface area contributed by atoms with Crippen LogP contribution in [0.5, 0.6) is 0 Å². The van der Waals surface area contributed by atoms with Gasteiger partial charge in [-0.1, -0.05) is 23.7 Å². The predicted molar refractivity (Wildman–Crippen MR) is 78.9 cm³/mol. The van der Waals surface area contributed by atoms with Crippen molar-refractivity contribution in [1.82, 2.24) is 0 Å². The Balaban J connectivity index is 2.35. The standard InChI is InChI=1S/C13H13ClN2O2S/c14-12-6-5-11(19-12)13(18)16(7-8-17)10-4-2-1-3-9(10)15/h1-6,17H,7-8,15H2. The summed E-state index contributed by atoms with van der Waals surface area (Å²) >= 11 is 7.04. The van der Waals surface area contributed by atoms with Crippen molar-refractivity contribution in [2.45, 2.75) is 0 Å². The summed E-state index contributed by atoms with van der Waals surface area (Å²) in [4.78, 5) is 14.4. The van der Waals surface area contributed by atoms with Crippen LogP contribution in [0.4, 0.5) is 11.4 Å². The fraction of sp³-hybridized carbons (Fsp3) is 0.154. The number of hydrogen-bond acceptors (Lipinski definition) is 4. The Kier molecular flexibility index (Phi) is 4.42. The Morgan fingerprint density at radius 2 is 2.05 bits per heavy atom. The summed E-state index contributed by atoms with van der Waals surface area (Å²) < 4.78 is 0.549. The van der Waals surface area contributed by atoms with Crippen LogP contribution in [0.1, 0.15) is 9.67 Å². The quantitative estimate of drug-likeness (QED) is 0.852. The third kappa shape index (κ3) is 3.07.